The van der Waals surface area contributed by atoms with Crippen molar-refractivity contribution in [2.75, 3.05) is 26.2 Å². The minimum Gasteiger partial charge on any atom is -0.497 e. The van der Waals surface area contributed by atoms with Gasteiger partial charge in [0.1, 0.15) is 11.8 Å². The number of hydrogen-bond acceptors (Lipinski definition) is 7. The second-order valence-corrected chi connectivity index (χ2v) is 6.84. The van der Waals surface area contributed by atoms with Crippen molar-refractivity contribution in [2.45, 2.75) is 31.4 Å². The lowest BCUT2D eigenvalue weighted by atomic mass is 10.0. The van der Waals surface area contributed by atoms with Gasteiger partial charge in [-0.15, -0.1) is 0 Å². The van der Waals surface area contributed by atoms with Gasteiger partial charge in [-0.3, -0.25) is 4.79 Å². The molecule has 0 saturated carbocycles. The fourth-order valence-corrected chi connectivity index (χ4v) is 3.05. The van der Waals surface area contributed by atoms with E-state index in [1.165, 1.54) is 7.11 Å². The number of nitrogens with zero attached hydrogens (tertiary/aromatic N) is 1. The number of esters is 1. The van der Waals surface area contributed by atoms with Crippen LogP contribution in [0.4, 0.5) is 0 Å². The molecule has 142 valence electrons. The van der Waals surface area contributed by atoms with E-state index in [-0.39, 0.29) is 5.91 Å². The third-order valence-corrected chi connectivity index (χ3v) is 4.62. The topological polar surface area (TPSA) is 86.2 Å². The summed E-state index contributed by atoms with van der Waals surface area (Å²) < 4.78 is 9.96. The summed E-state index contributed by atoms with van der Waals surface area (Å²) >= 11 is 1.60. The van der Waals surface area contributed by atoms with Crippen molar-refractivity contribution in [2.24, 2.45) is 5.16 Å². The highest BCUT2D eigenvalue weighted by Gasteiger charge is 2.31. The molecular weight excluding hydrogens is 356 g/mol. The molecule has 0 fully saturated rings. The lowest BCUT2D eigenvalue weighted by Crippen LogP contribution is -2.46. The summed E-state index contributed by atoms with van der Waals surface area (Å²) in [7, 11) is 2.92. The number of ether oxygens (including phenoxy) is 2. The van der Waals surface area contributed by atoms with E-state index in [2.05, 4.69) is 10.5 Å². The molecule has 2 atom stereocenters. The first kappa shape index (κ1) is 20.1. The van der Waals surface area contributed by atoms with Crippen molar-refractivity contribution < 1.29 is 23.9 Å². The van der Waals surface area contributed by atoms with E-state index in [4.69, 9.17) is 14.3 Å². The Kier molecular flexibility index (Phi) is 7.77. The maximum atomic E-state index is 12.4. The predicted molar refractivity (Wildman–Crippen MR) is 101 cm³/mol. The molecule has 0 saturated heterocycles. The van der Waals surface area contributed by atoms with Gasteiger partial charge in [0.2, 0.25) is 6.10 Å². The van der Waals surface area contributed by atoms with Gasteiger partial charge in [0.15, 0.2) is 0 Å². The number of carbonyl (C=O) groups excluding carboxylic acids is 2. The molecule has 0 unspecified atom stereocenters. The molecule has 7 nitrogen and oxygen atoms in total. The zero-order valence-electron chi connectivity index (χ0n) is 15.2. The molecule has 0 spiro atoms. The SMILES string of the molecule is COC(=O)[C@H](CCSC)NC(=O)[C@@H]1CC(Cc2cccc(OC)c2)=NO1. The lowest BCUT2D eigenvalue weighted by Gasteiger charge is -2.17. The Bertz CT molecular complexity index is 665. The number of hydrogen-bond donors (Lipinski definition) is 1. The average molecular weight is 380 g/mol. The number of methoxy groups -OCH3 is 2. The van der Waals surface area contributed by atoms with Crippen LogP contribution in [-0.2, 0) is 25.6 Å². The number of carbonyl (C=O) groups is 2. The summed E-state index contributed by atoms with van der Waals surface area (Å²) in [5.74, 6) is 0.697. The lowest BCUT2D eigenvalue weighted by molar-refractivity contribution is -0.146. The van der Waals surface area contributed by atoms with Crippen LogP contribution in [0.5, 0.6) is 5.75 Å². The van der Waals surface area contributed by atoms with E-state index in [0.29, 0.717) is 19.3 Å². The molecule has 1 amide bonds. The average Bonchev–Trinajstić information content (AvgIpc) is 3.13. The molecule has 0 radical (unpaired) electrons. The summed E-state index contributed by atoms with van der Waals surface area (Å²) in [5.41, 5.74) is 1.80. The van der Waals surface area contributed by atoms with Gasteiger partial charge in [0.05, 0.1) is 19.9 Å². The van der Waals surface area contributed by atoms with Crippen molar-refractivity contribution >= 4 is 29.4 Å². The quantitative estimate of drug-likeness (QED) is 0.658. The predicted octanol–water partition coefficient (Wildman–Crippen LogP) is 1.79. The van der Waals surface area contributed by atoms with Gasteiger partial charge in [0, 0.05) is 12.8 Å². The van der Waals surface area contributed by atoms with E-state index < -0.39 is 18.1 Å². The highest BCUT2D eigenvalue weighted by Crippen LogP contribution is 2.18. The molecule has 2 rings (SSSR count). The van der Waals surface area contributed by atoms with Crippen molar-refractivity contribution in [3.63, 3.8) is 0 Å². The van der Waals surface area contributed by atoms with E-state index in [9.17, 15) is 9.59 Å². The first-order valence-corrected chi connectivity index (χ1v) is 9.68. The third-order valence-electron chi connectivity index (χ3n) is 3.98. The Morgan fingerprint density at radius 1 is 1.42 bits per heavy atom. The van der Waals surface area contributed by atoms with Crippen LogP contribution in [0.2, 0.25) is 0 Å². The molecule has 1 N–H and O–H groups in total. The summed E-state index contributed by atoms with van der Waals surface area (Å²) in [4.78, 5) is 29.5. The van der Waals surface area contributed by atoms with E-state index >= 15 is 0 Å². The zero-order valence-corrected chi connectivity index (χ0v) is 16.0. The molecule has 0 bridgehead atoms. The largest absolute Gasteiger partial charge is 0.497 e. The van der Waals surface area contributed by atoms with E-state index in [1.807, 2.05) is 30.5 Å². The summed E-state index contributed by atoms with van der Waals surface area (Å²) in [6.45, 7) is 0. The van der Waals surface area contributed by atoms with Gasteiger partial charge in [-0.1, -0.05) is 17.3 Å². The number of benzene rings is 1. The summed E-state index contributed by atoms with van der Waals surface area (Å²) in [6.07, 6.45) is 2.68. The van der Waals surface area contributed by atoms with Crippen LogP contribution < -0.4 is 10.1 Å². The van der Waals surface area contributed by atoms with Crippen molar-refractivity contribution in [1.29, 1.82) is 0 Å². The Morgan fingerprint density at radius 2 is 2.23 bits per heavy atom. The van der Waals surface area contributed by atoms with Gasteiger partial charge >= 0.3 is 5.97 Å². The minimum atomic E-state index is -0.725. The number of oxime groups is 1. The number of nitrogens with one attached hydrogen (secondary N) is 1. The van der Waals surface area contributed by atoms with Crippen LogP contribution in [0.15, 0.2) is 29.4 Å². The molecule has 0 aliphatic carbocycles. The van der Waals surface area contributed by atoms with Gasteiger partial charge in [-0.05, 0) is 36.1 Å². The van der Waals surface area contributed by atoms with Crippen LogP contribution in [0.1, 0.15) is 18.4 Å². The smallest absolute Gasteiger partial charge is 0.328 e. The molecule has 1 aromatic carbocycles. The normalized spacial score (nSPS) is 17.0. The maximum Gasteiger partial charge on any atom is 0.328 e. The van der Waals surface area contributed by atoms with Crippen LogP contribution in [0, 0.1) is 0 Å². The Labute approximate surface area is 157 Å². The molecule has 0 aromatic heterocycles. The Morgan fingerprint density at radius 3 is 2.92 bits per heavy atom. The molecule has 1 aromatic rings. The zero-order chi connectivity index (χ0) is 18.9. The first-order valence-electron chi connectivity index (χ1n) is 8.29. The summed E-state index contributed by atoms with van der Waals surface area (Å²) in [5, 5.41) is 6.72. The fourth-order valence-electron chi connectivity index (χ4n) is 2.58. The highest BCUT2D eigenvalue weighted by atomic mass is 32.2. The monoisotopic (exact) mass is 380 g/mol. The van der Waals surface area contributed by atoms with Gasteiger partial charge < -0.3 is 19.6 Å². The number of rotatable bonds is 9. The molecule has 1 aliphatic rings. The van der Waals surface area contributed by atoms with Gasteiger partial charge in [-0.2, -0.15) is 11.8 Å². The number of amides is 1. The fraction of sp³-hybridized carbons (Fsp3) is 0.500. The standard InChI is InChI=1S/C18H24N2O5S/c1-23-14-6-4-5-12(10-14)9-13-11-16(25-20-13)17(21)19-15(7-8-26-3)18(22)24-2/h4-6,10,15-16H,7-9,11H2,1-3H3,(H,19,21)/t15-,16-/m0/s1. The van der Waals surface area contributed by atoms with Crippen LogP contribution in [0.25, 0.3) is 0 Å². The Hall–Kier alpha value is -2.22. The first-order chi connectivity index (χ1) is 12.6. The van der Waals surface area contributed by atoms with Crippen molar-refractivity contribution in [1.82, 2.24) is 5.32 Å². The second kappa shape index (κ2) is 10.1. The van der Waals surface area contributed by atoms with Gasteiger partial charge in [-0.25, -0.2) is 4.79 Å². The molecule has 1 aliphatic heterocycles. The molecule has 1 heterocycles. The number of thioether (sulfide) groups is 1. The van der Waals surface area contributed by atoms with Gasteiger partial charge in [0.25, 0.3) is 5.91 Å². The molecule has 8 heteroatoms. The molecular formula is C18H24N2O5S. The second-order valence-electron chi connectivity index (χ2n) is 5.85. The molecule has 26 heavy (non-hydrogen) atoms. The van der Waals surface area contributed by atoms with Crippen LogP contribution in [-0.4, -0.2) is 56.0 Å². The minimum absolute atomic E-state index is 0.356. The van der Waals surface area contributed by atoms with Crippen molar-refractivity contribution in [3.8, 4) is 5.75 Å². The van der Waals surface area contributed by atoms with Crippen molar-refractivity contribution in [3.05, 3.63) is 29.8 Å². The maximum absolute atomic E-state index is 12.4. The van der Waals surface area contributed by atoms with Crippen LogP contribution >= 0.6 is 11.8 Å². The third kappa shape index (κ3) is 5.66. The highest BCUT2D eigenvalue weighted by molar-refractivity contribution is 7.98. The summed E-state index contributed by atoms with van der Waals surface area (Å²) in [6, 6.07) is 6.99. The van der Waals surface area contributed by atoms with E-state index in [0.717, 1.165) is 22.8 Å². The Balaban J connectivity index is 1.89. The van der Waals surface area contributed by atoms with Crippen LogP contribution in [0.3, 0.4) is 0 Å². The van der Waals surface area contributed by atoms with E-state index in [1.54, 1.807) is 18.9 Å².